The van der Waals surface area contributed by atoms with E-state index in [1.165, 1.54) is 12.1 Å². The summed E-state index contributed by atoms with van der Waals surface area (Å²) in [5, 5.41) is 0. The monoisotopic (exact) mass is 280 g/mol. The van der Waals surface area contributed by atoms with E-state index in [0.717, 1.165) is 0 Å². The van der Waals surface area contributed by atoms with E-state index in [4.69, 9.17) is 11.6 Å². The third kappa shape index (κ3) is 3.07. The van der Waals surface area contributed by atoms with E-state index in [0.29, 0.717) is 17.9 Å². The molecule has 0 aliphatic carbocycles. The first-order valence-electron chi connectivity index (χ1n) is 4.02. The molecule has 0 saturated heterocycles. The average Bonchev–Trinajstić information content (AvgIpc) is 2.14. The first-order chi connectivity index (χ1) is 6.65. The Bertz CT molecular complexity index is 327. The highest BCUT2D eigenvalue weighted by Crippen LogP contribution is 2.21. The normalized spacial score (nSPS) is 11.1. The van der Waals surface area contributed by atoms with Crippen LogP contribution in [0.4, 0.5) is 8.78 Å². The summed E-state index contributed by atoms with van der Waals surface area (Å²) in [6.45, 7) is 0. The average molecular weight is 282 g/mol. The molecule has 1 aromatic carbocycles. The number of alkyl halides is 1. The Kier molecular flexibility index (Phi) is 4.55. The number of halogens is 4. The molecule has 0 bridgehead atoms. The Balaban J connectivity index is 2.89. The molecule has 4 heteroatoms. The summed E-state index contributed by atoms with van der Waals surface area (Å²) in [5.41, 5.74) is 0.494. The van der Waals surface area contributed by atoms with Crippen molar-refractivity contribution in [2.24, 2.45) is 0 Å². The van der Waals surface area contributed by atoms with Gasteiger partial charge in [-0.05, 0) is 40.0 Å². The maximum atomic E-state index is 13.0. The predicted molar refractivity (Wildman–Crippen MR) is 58.4 cm³/mol. The molecule has 1 aromatic rings. The van der Waals surface area contributed by atoms with Gasteiger partial charge in [0.15, 0.2) is 0 Å². The van der Waals surface area contributed by atoms with Gasteiger partial charge in [-0.2, -0.15) is 0 Å². The summed E-state index contributed by atoms with van der Waals surface area (Å²) in [6.07, 6.45) is 4.09. The molecule has 0 nitrogen and oxygen atoms in total. The fraction of sp³-hybridized carbons (Fsp3) is 0.200. The molecule has 0 amide bonds. The molecule has 0 aliphatic rings. The summed E-state index contributed by atoms with van der Waals surface area (Å²) in [7, 11) is 0. The lowest BCUT2D eigenvalue weighted by Gasteiger charge is -1.99. The van der Waals surface area contributed by atoms with E-state index in [9.17, 15) is 8.78 Å². The molecule has 0 atom stereocenters. The van der Waals surface area contributed by atoms with E-state index in [1.807, 2.05) is 0 Å². The van der Waals surface area contributed by atoms with Crippen molar-refractivity contribution in [1.29, 1.82) is 0 Å². The zero-order chi connectivity index (χ0) is 10.6. The van der Waals surface area contributed by atoms with Crippen LogP contribution in [0.2, 0.25) is 0 Å². The zero-order valence-electron chi connectivity index (χ0n) is 7.24. The highest BCUT2D eigenvalue weighted by atomic mass is 79.9. The quantitative estimate of drug-likeness (QED) is 0.570. The topological polar surface area (TPSA) is 0 Å². The highest BCUT2D eigenvalue weighted by molar-refractivity contribution is 9.10. The Hall–Kier alpha value is -0.410. The van der Waals surface area contributed by atoms with Crippen LogP contribution in [0.3, 0.4) is 0 Å². The third-order valence-electron chi connectivity index (χ3n) is 1.59. The number of hydrogen-bond acceptors (Lipinski definition) is 0. The maximum Gasteiger partial charge on any atom is 0.140 e. The van der Waals surface area contributed by atoms with Gasteiger partial charge in [-0.3, -0.25) is 0 Å². The van der Waals surface area contributed by atoms with Crippen LogP contribution in [-0.4, -0.2) is 5.88 Å². The third-order valence-corrected chi connectivity index (χ3v) is 2.57. The van der Waals surface area contributed by atoms with E-state index in [2.05, 4.69) is 15.9 Å². The summed E-state index contributed by atoms with van der Waals surface area (Å²) in [4.78, 5) is 0. The number of rotatable bonds is 3. The van der Waals surface area contributed by atoms with E-state index < -0.39 is 11.6 Å². The lowest BCUT2D eigenvalue weighted by atomic mass is 10.2. The number of hydrogen-bond donors (Lipinski definition) is 0. The zero-order valence-corrected chi connectivity index (χ0v) is 9.58. The molecule has 0 unspecified atom stereocenters. The SMILES string of the molecule is Fc1cc(C=CCCCl)cc(F)c1Br. The van der Waals surface area contributed by atoms with Gasteiger partial charge in [0, 0.05) is 5.88 Å². The van der Waals surface area contributed by atoms with E-state index >= 15 is 0 Å². The molecule has 0 heterocycles. The van der Waals surface area contributed by atoms with Crippen LogP contribution in [0, 0.1) is 11.6 Å². The first kappa shape index (κ1) is 11.7. The van der Waals surface area contributed by atoms with Crippen LogP contribution < -0.4 is 0 Å². The van der Waals surface area contributed by atoms with Gasteiger partial charge in [0.2, 0.25) is 0 Å². The lowest BCUT2D eigenvalue weighted by molar-refractivity contribution is 0.571. The molecule has 0 fully saturated rings. The van der Waals surface area contributed by atoms with Crippen LogP contribution in [0.25, 0.3) is 6.08 Å². The second kappa shape index (κ2) is 5.47. The second-order valence-electron chi connectivity index (χ2n) is 2.68. The van der Waals surface area contributed by atoms with Gasteiger partial charge in [-0.25, -0.2) is 8.78 Å². The first-order valence-corrected chi connectivity index (χ1v) is 5.35. The van der Waals surface area contributed by atoms with Crippen molar-refractivity contribution < 1.29 is 8.78 Å². The highest BCUT2D eigenvalue weighted by Gasteiger charge is 2.06. The Morgan fingerprint density at radius 1 is 1.29 bits per heavy atom. The van der Waals surface area contributed by atoms with Gasteiger partial charge < -0.3 is 0 Å². The minimum Gasteiger partial charge on any atom is -0.206 e. The second-order valence-corrected chi connectivity index (χ2v) is 3.85. The summed E-state index contributed by atoms with van der Waals surface area (Å²) in [6, 6.07) is 2.52. The fourth-order valence-corrected chi connectivity index (χ4v) is 1.31. The number of allylic oxidation sites excluding steroid dienone is 1. The molecule has 14 heavy (non-hydrogen) atoms. The van der Waals surface area contributed by atoms with Crippen LogP contribution in [0.15, 0.2) is 22.7 Å². The van der Waals surface area contributed by atoms with Crippen LogP contribution >= 0.6 is 27.5 Å². The summed E-state index contributed by atoms with van der Waals surface area (Å²) < 4.78 is 25.9. The molecule has 1 rings (SSSR count). The molecule has 0 saturated carbocycles. The van der Waals surface area contributed by atoms with Gasteiger partial charge in [-0.1, -0.05) is 12.2 Å². The van der Waals surface area contributed by atoms with Gasteiger partial charge >= 0.3 is 0 Å². The van der Waals surface area contributed by atoms with Crippen molar-refractivity contribution in [2.75, 3.05) is 5.88 Å². The molecular weight excluding hydrogens is 273 g/mol. The van der Waals surface area contributed by atoms with Gasteiger partial charge in [-0.15, -0.1) is 11.6 Å². The predicted octanol–water partition coefficient (Wildman–Crippen LogP) is 4.37. The van der Waals surface area contributed by atoms with Crippen molar-refractivity contribution in [3.05, 3.63) is 39.9 Å². The Morgan fingerprint density at radius 3 is 2.36 bits per heavy atom. The lowest BCUT2D eigenvalue weighted by Crippen LogP contribution is -1.86. The molecular formula is C10H8BrClF2. The Morgan fingerprint density at radius 2 is 1.86 bits per heavy atom. The van der Waals surface area contributed by atoms with Gasteiger partial charge in [0.05, 0.1) is 4.47 Å². The van der Waals surface area contributed by atoms with Crippen molar-refractivity contribution in [1.82, 2.24) is 0 Å². The van der Waals surface area contributed by atoms with Crippen molar-refractivity contribution in [3.8, 4) is 0 Å². The van der Waals surface area contributed by atoms with Crippen LogP contribution in [-0.2, 0) is 0 Å². The summed E-state index contributed by atoms with van der Waals surface area (Å²) >= 11 is 8.25. The molecule has 0 aromatic heterocycles. The molecule has 0 aliphatic heterocycles. The maximum absolute atomic E-state index is 13.0. The number of benzene rings is 1. The Labute approximate surface area is 94.7 Å². The fourth-order valence-electron chi connectivity index (χ4n) is 0.954. The largest absolute Gasteiger partial charge is 0.206 e. The molecule has 76 valence electrons. The van der Waals surface area contributed by atoms with Gasteiger partial charge in [0.25, 0.3) is 0 Å². The van der Waals surface area contributed by atoms with Crippen molar-refractivity contribution >= 4 is 33.6 Å². The smallest absolute Gasteiger partial charge is 0.140 e. The van der Waals surface area contributed by atoms with Crippen LogP contribution in [0.5, 0.6) is 0 Å². The summed E-state index contributed by atoms with van der Waals surface area (Å²) in [5.74, 6) is -0.705. The minimum atomic E-state index is -0.601. The van der Waals surface area contributed by atoms with Gasteiger partial charge in [0.1, 0.15) is 11.6 Å². The molecule has 0 spiro atoms. The molecule has 0 radical (unpaired) electrons. The minimum absolute atomic E-state index is 0.132. The standard InChI is InChI=1S/C10H8BrClF2/c11-10-8(13)5-7(6-9(10)14)3-1-2-4-12/h1,3,5-6H,2,4H2. The van der Waals surface area contributed by atoms with E-state index in [1.54, 1.807) is 12.2 Å². The van der Waals surface area contributed by atoms with E-state index in [-0.39, 0.29) is 4.47 Å². The van der Waals surface area contributed by atoms with Crippen LogP contribution in [0.1, 0.15) is 12.0 Å². The van der Waals surface area contributed by atoms with Crippen molar-refractivity contribution in [2.45, 2.75) is 6.42 Å². The van der Waals surface area contributed by atoms with Crippen molar-refractivity contribution in [3.63, 3.8) is 0 Å². The molecule has 0 N–H and O–H groups in total.